The Bertz CT molecular complexity index is 1410. The summed E-state index contributed by atoms with van der Waals surface area (Å²) in [6, 6.07) is 19.1. The molecule has 164 valence electrons. The maximum Gasteiger partial charge on any atom is 0.270 e. The number of aryl methyl sites for hydroxylation is 1. The monoisotopic (exact) mass is 458 g/mol. The van der Waals surface area contributed by atoms with Gasteiger partial charge < -0.3 is 9.73 Å². The van der Waals surface area contributed by atoms with E-state index in [-0.39, 0.29) is 10.8 Å². The quantitative estimate of drug-likeness (QED) is 0.182. The highest BCUT2D eigenvalue weighted by molar-refractivity contribution is 7.80. The van der Waals surface area contributed by atoms with Crippen molar-refractivity contribution in [2.75, 3.05) is 5.32 Å². The molecule has 0 aliphatic carbocycles. The molecule has 9 heteroatoms. The molecule has 1 heterocycles. The number of carbonyl (C=O) groups excluding carboxylic acids is 1. The first-order valence-corrected chi connectivity index (χ1v) is 10.3. The Balaban J connectivity index is 1.40. The Morgan fingerprint density at radius 2 is 1.94 bits per heavy atom. The van der Waals surface area contributed by atoms with Crippen molar-refractivity contribution in [1.29, 1.82) is 0 Å². The zero-order valence-electron chi connectivity index (χ0n) is 17.4. The van der Waals surface area contributed by atoms with E-state index >= 15 is 0 Å². The van der Waals surface area contributed by atoms with Crippen molar-refractivity contribution < 1.29 is 14.1 Å². The number of hydrogen-bond donors (Lipinski definition) is 2. The molecule has 0 bridgehead atoms. The summed E-state index contributed by atoms with van der Waals surface area (Å²) < 4.78 is 5.84. The van der Waals surface area contributed by atoms with E-state index in [1.165, 1.54) is 24.3 Å². The Kier molecular flexibility index (Phi) is 6.23. The number of nitro benzene ring substituents is 1. The maximum atomic E-state index is 12.2. The topological polar surface area (TPSA) is 110 Å². The van der Waals surface area contributed by atoms with Gasteiger partial charge in [0, 0.05) is 29.5 Å². The molecule has 0 spiro atoms. The van der Waals surface area contributed by atoms with Crippen LogP contribution in [0, 0.1) is 17.0 Å². The molecule has 4 rings (SSSR count). The molecule has 1 aromatic heterocycles. The molecule has 0 unspecified atom stereocenters. The third kappa shape index (κ3) is 5.46. The van der Waals surface area contributed by atoms with Gasteiger partial charge in [-0.05, 0) is 66.7 Å². The Labute approximate surface area is 194 Å². The maximum absolute atomic E-state index is 12.2. The van der Waals surface area contributed by atoms with E-state index in [4.69, 9.17) is 16.6 Å². The smallest absolute Gasteiger partial charge is 0.270 e. The van der Waals surface area contributed by atoms with Gasteiger partial charge >= 0.3 is 0 Å². The zero-order chi connectivity index (χ0) is 23.4. The first kappa shape index (κ1) is 21.8. The van der Waals surface area contributed by atoms with Crippen LogP contribution < -0.4 is 10.6 Å². The number of aromatic nitrogens is 1. The van der Waals surface area contributed by atoms with Crippen LogP contribution in [-0.2, 0) is 4.79 Å². The van der Waals surface area contributed by atoms with Crippen LogP contribution in [0.25, 0.3) is 28.6 Å². The van der Waals surface area contributed by atoms with Crippen LogP contribution in [0.3, 0.4) is 0 Å². The van der Waals surface area contributed by atoms with Crippen molar-refractivity contribution in [2.24, 2.45) is 0 Å². The lowest BCUT2D eigenvalue weighted by atomic mass is 10.2. The van der Waals surface area contributed by atoms with Gasteiger partial charge in [-0.25, -0.2) is 4.98 Å². The number of nitro groups is 1. The second-order valence-corrected chi connectivity index (χ2v) is 7.61. The van der Waals surface area contributed by atoms with Crippen molar-refractivity contribution in [3.8, 4) is 11.5 Å². The first-order valence-electron chi connectivity index (χ1n) is 9.89. The SMILES string of the molecule is Cc1ccc2oc(-c3cccc(NC(=S)NC(=O)C=Cc4cccc([N+](=O)[O-])c4)c3)nc2c1. The van der Waals surface area contributed by atoms with Gasteiger partial charge in [0.1, 0.15) is 5.52 Å². The minimum atomic E-state index is -0.494. The number of benzene rings is 3. The molecule has 2 N–H and O–H groups in total. The van der Waals surface area contributed by atoms with Gasteiger partial charge in [0.05, 0.1) is 4.92 Å². The van der Waals surface area contributed by atoms with Crippen LogP contribution >= 0.6 is 12.2 Å². The van der Waals surface area contributed by atoms with Gasteiger partial charge in [-0.1, -0.05) is 24.3 Å². The van der Waals surface area contributed by atoms with E-state index in [1.54, 1.807) is 18.2 Å². The fraction of sp³-hybridized carbons (Fsp3) is 0.0417. The average Bonchev–Trinajstić information content (AvgIpc) is 3.21. The van der Waals surface area contributed by atoms with E-state index in [9.17, 15) is 14.9 Å². The summed E-state index contributed by atoms with van der Waals surface area (Å²) in [6.45, 7) is 1.99. The lowest BCUT2D eigenvalue weighted by molar-refractivity contribution is -0.384. The van der Waals surface area contributed by atoms with Crippen molar-refractivity contribution in [3.63, 3.8) is 0 Å². The first-order chi connectivity index (χ1) is 15.9. The van der Waals surface area contributed by atoms with Crippen LogP contribution in [0.4, 0.5) is 11.4 Å². The summed E-state index contributed by atoms with van der Waals surface area (Å²) in [7, 11) is 0. The minimum absolute atomic E-state index is 0.0521. The van der Waals surface area contributed by atoms with Gasteiger partial charge in [-0.15, -0.1) is 0 Å². The zero-order valence-corrected chi connectivity index (χ0v) is 18.3. The Morgan fingerprint density at radius 1 is 1.12 bits per heavy atom. The number of non-ortho nitro benzene ring substituents is 1. The second kappa shape index (κ2) is 9.41. The van der Waals surface area contributed by atoms with E-state index in [2.05, 4.69) is 15.6 Å². The van der Waals surface area contributed by atoms with Gasteiger partial charge in [-0.3, -0.25) is 20.2 Å². The van der Waals surface area contributed by atoms with Crippen molar-refractivity contribution in [2.45, 2.75) is 6.92 Å². The largest absolute Gasteiger partial charge is 0.436 e. The number of nitrogens with one attached hydrogen (secondary N) is 2. The van der Waals surface area contributed by atoms with Crippen LogP contribution in [0.2, 0.25) is 0 Å². The number of rotatable bonds is 5. The summed E-state index contributed by atoms with van der Waals surface area (Å²) in [5, 5.41) is 16.5. The van der Waals surface area contributed by atoms with E-state index < -0.39 is 10.8 Å². The summed E-state index contributed by atoms with van der Waals surface area (Å²) >= 11 is 5.22. The van der Waals surface area contributed by atoms with Crippen LogP contribution in [-0.4, -0.2) is 20.9 Å². The Hall–Kier alpha value is -4.37. The third-order valence-corrected chi connectivity index (χ3v) is 4.86. The van der Waals surface area contributed by atoms with Crippen molar-refractivity contribution in [3.05, 3.63) is 94.0 Å². The number of hydrogen-bond acceptors (Lipinski definition) is 6. The molecule has 0 saturated carbocycles. The summed E-state index contributed by atoms with van der Waals surface area (Å²) in [5.74, 6) is 0.0126. The molecule has 0 radical (unpaired) electrons. The number of oxazole rings is 1. The van der Waals surface area contributed by atoms with E-state index in [1.807, 2.05) is 43.3 Å². The van der Waals surface area contributed by atoms with Crippen molar-refractivity contribution >= 4 is 51.8 Å². The van der Waals surface area contributed by atoms with Gasteiger partial charge in [0.25, 0.3) is 5.69 Å². The van der Waals surface area contributed by atoms with Gasteiger partial charge in [-0.2, -0.15) is 0 Å². The Morgan fingerprint density at radius 3 is 2.76 bits per heavy atom. The predicted molar refractivity (Wildman–Crippen MR) is 131 cm³/mol. The summed E-state index contributed by atoms with van der Waals surface area (Å²) in [5.41, 5.74) is 4.46. The molecule has 1 amide bonds. The lowest BCUT2D eigenvalue weighted by Crippen LogP contribution is -2.32. The normalized spacial score (nSPS) is 10.9. The van der Waals surface area contributed by atoms with Gasteiger partial charge in [0.2, 0.25) is 11.8 Å². The molecule has 0 atom stereocenters. The number of anilines is 1. The number of amides is 1. The standard InChI is InChI=1S/C24H18N4O4S/c1-15-8-10-21-20(12-15)26-23(32-21)17-5-3-6-18(14-17)25-24(33)27-22(29)11-9-16-4-2-7-19(13-16)28(30)31/h2-14H,1H3,(H2,25,27,29,33). The molecule has 33 heavy (non-hydrogen) atoms. The van der Waals surface area contributed by atoms with Gasteiger partial charge in [0.15, 0.2) is 10.7 Å². The summed E-state index contributed by atoms with van der Waals surface area (Å²) in [4.78, 5) is 27.1. The number of nitrogens with zero attached hydrogens (tertiary/aromatic N) is 2. The third-order valence-electron chi connectivity index (χ3n) is 4.66. The highest BCUT2D eigenvalue weighted by atomic mass is 32.1. The molecule has 0 fully saturated rings. The van der Waals surface area contributed by atoms with Crippen LogP contribution in [0.15, 0.2) is 77.2 Å². The molecule has 8 nitrogen and oxygen atoms in total. The molecular weight excluding hydrogens is 440 g/mol. The number of carbonyl (C=O) groups is 1. The summed E-state index contributed by atoms with van der Waals surface area (Å²) in [6.07, 6.45) is 2.73. The second-order valence-electron chi connectivity index (χ2n) is 7.20. The molecule has 0 aliphatic heterocycles. The van der Waals surface area contributed by atoms with E-state index in [0.29, 0.717) is 22.7 Å². The lowest BCUT2D eigenvalue weighted by Gasteiger charge is -2.08. The van der Waals surface area contributed by atoms with Crippen LogP contribution in [0.5, 0.6) is 0 Å². The average molecular weight is 458 g/mol. The molecular formula is C24H18N4O4S. The fourth-order valence-corrected chi connectivity index (χ4v) is 3.34. The predicted octanol–water partition coefficient (Wildman–Crippen LogP) is 5.24. The highest BCUT2D eigenvalue weighted by Gasteiger charge is 2.10. The van der Waals surface area contributed by atoms with Crippen molar-refractivity contribution in [1.82, 2.24) is 10.3 Å². The van der Waals surface area contributed by atoms with E-state index in [0.717, 1.165) is 16.6 Å². The van der Waals surface area contributed by atoms with Crippen LogP contribution in [0.1, 0.15) is 11.1 Å². The number of thiocarbonyl (C=S) groups is 1. The minimum Gasteiger partial charge on any atom is -0.436 e. The number of fused-ring (bicyclic) bond motifs is 1. The highest BCUT2D eigenvalue weighted by Crippen LogP contribution is 2.26. The fourth-order valence-electron chi connectivity index (χ4n) is 3.12. The molecule has 4 aromatic rings. The molecule has 0 saturated heterocycles. The molecule has 0 aliphatic rings. The molecule has 3 aromatic carbocycles.